The number of ketones is 1. The van der Waals surface area contributed by atoms with Gasteiger partial charge in [0.15, 0.2) is 5.78 Å². The van der Waals surface area contributed by atoms with Crippen molar-refractivity contribution in [2.75, 3.05) is 13.7 Å². The summed E-state index contributed by atoms with van der Waals surface area (Å²) in [5, 5.41) is 2.29. The first kappa shape index (κ1) is 19.8. The third-order valence-electron chi connectivity index (χ3n) is 6.50. The molecule has 1 aliphatic rings. The van der Waals surface area contributed by atoms with Crippen molar-refractivity contribution in [2.45, 2.75) is 39.3 Å². The molecular formula is C27H27NO3. The molecule has 4 aromatic rings. The van der Waals surface area contributed by atoms with E-state index in [-0.39, 0.29) is 11.9 Å². The number of fused-ring (bicyclic) bond motifs is 3. The van der Waals surface area contributed by atoms with Gasteiger partial charge >= 0.3 is 0 Å². The normalized spacial score (nSPS) is 16.3. The Kier molecular flexibility index (Phi) is 5.03. The Morgan fingerprint density at radius 2 is 1.90 bits per heavy atom. The molecular weight excluding hydrogens is 386 g/mol. The van der Waals surface area contributed by atoms with Gasteiger partial charge in [-0.25, -0.2) is 0 Å². The number of methoxy groups -OCH3 is 1. The number of para-hydroxylation sites is 1. The third-order valence-corrected chi connectivity index (χ3v) is 6.50. The summed E-state index contributed by atoms with van der Waals surface area (Å²) < 4.78 is 13.8. The number of carbonyl (C=O) groups excluding carboxylic acids is 1. The first-order chi connectivity index (χ1) is 15.1. The van der Waals surface area contributed by atoms with E-state index >= 15 is 0 Å². The van der Waals surface area contributed by atoms with Crippen molar-refractivity contribution >= 4 is 27.6 Å². The molecule has 0 bridgehead atoms. The highest BCUT2D eigenvalue weighted by molar-refractivity contribution is 6.15. The quantitative estimate of drug-likeness (QED) is 0.365. The molecule has 1 saturated heterocycles. The molecule has 31 heavy (non-hydrogen) atoms. The van der Waals surface area contributed by atoms with E-state index < -0.39 is 0 Å². The van der Waals surface area contributed by atoms with Crippen LogP contribution in [0.5, 0.6) is 5.75 Å². The van der Waals surface area contributed by atoms with Crippen molar-refractivity contribution < 1.29 is 14.3 Å². The molecule has 1 fully saturated rings. The molecule has 4 nitrogen and oxygen atoms in total. The summed E-state index contributed by atoms with van der Waals surface area (Å²) in [6.07, 6.45) is 2.05. The second kappa shape index (κ2) is 7.86. The number of carbonyl (C=O) groups is 1. The molecule has 158 valence electrons. The standard InChI is InChI=1S/C27H27NO3/c1-4-28-23-9-6-5-8-20(23)22-14-18(11-12-24(22)28)27(29)21-15-19(25-10-7-13-31-25)16-26(30-3)17(21)2/h5-6,8-9,11-12,14-16,25H,4,7,10,13H2,1-3H3. The Balaban J connectivity index is 1.65. The molecule has 1 aromatic heterocycles. The van der Waals surface area contributed by atoms with Gasteiger partial charge < -0.3 is 14.0 Å². The molecule has 3 aromatic carbocycles. The number of aryl methyl sites for hydroxylation is 1. The van der Waals surface area contributed by atoms with Gasteiger partial charge in [0.25, 0.3) is 0 Å². The molecule has 0 aliphatic carbocycles. The first-order valence-electron chi connectivity index (χ1n) is 11.0. The van der Waals surface area contributed by atoms with Crippen molar-refractivity contribution in [2.24, 2.45) is 0 Å². The predicted molar refractivity (Wildman–Crippen MR) is 124 cm³/mol. The molecule has 0 saturated carbocycles. The second-order valence-corrected chi connectivity index (χ2v) is 8.22. The lowest BCUT2D eigenvalue weighted by Crippen LogP contribution is -2.08. The number of ether oxygens (including phenoxy) is 2. The smallest absolute Gasteiger partial charge is 0.193 e. The van der Waals surface area contributed by atoms with Crippen LogP contribution < -0.4 is 4.74 Å². The number of hydrogen-bond donors (Lipinski definition) is 0. The van der Waals surface area contributed by atoms with Crippen molar-refractivity contribution in [3.63, 3.8) is 0 Å². The molecule has 0 radical (unpaired) electrons. The van der Waals surface area contributed by atoms with Crippen LogP contribution in [0.15, 0.2) is 54.6 Å². The number of rotatable bonds is 5. The largest absolute Gasteiger partial charge is 0.496 e. The van der Waals surface area contributed by atoms with Gasteiger partial charge in [0.05, 0.1) is 13.2 Å². The minimum Gasteiger partial charge on any atom is -0.496 e. The van der Waals surface area contributed by atoms with Crippen LogP contribution in [0.1, 0.15) is 52.9 Å². The summed E-state index contributed by atoms with van der Waals surface area (Å²) in [6.45, 7) is 5.75. The Hall–Kier alpha value is -3.11. The summed E-state index contributed by atoms with van der Waals surface area (Å²) in [6, 6.07) is 18.4. The van der Waals surface area contributed by atoms with Gasteiger partial charge in [-0.15, -0.1) is 0 Å². The summed E-state index contributed by atoms with van der Waals surface area (Å²) in [7, 11) is 1.65. The van der Waals surface area contributed by atoms with Crippen LogP contribution >= 0.6 is 0 Å². The average molecular weight is 414 g/mol. The van der Waals surface area contributed by atoms with Gasteiger partial charge in [-0.2, -0.15) is 0 Å². The van der Waals surface area contributed by atoms with E-state index in [2.05, 4.69) is 41.8 Å². The molecule has 2 heterocycles. The maximum Gasteiger partial charge on any atom is 0.193 e. The van der Waals surface area contributed by atoms with Crippen molar-refractivity contribution in [1.82, 2.24) is 4.57 Å². The minimum absolute atomic E-state index is 0.0193. The highest BCUT2D eigenvalue weighted by Crippen LogP contribution is 2.35. The minimum atomic E-state index is 0.0193. The van der Waals surface area contributed by atoms with Crippen LogP contribution in [-0.2, 0) is 11.3 Å². The van der Waals surface area contributed by atoms with Crippen LogP contribution in [0.2, 0.25) is 0 Å². The lowest BCUT2D eigenvalue weighted by molar-refractivity contribution is 0.103. The lowest BCUT2D eigenvalue weighted by atomic mass is 9.93. The topological polar surface area (TPSA) is 40.5 Å². The molecule has 0 N–H and O–H groups in total. The zero-order chi connectivity index (χ0) is 21.5. The average Bonchev–Trinajstić information content (AvgIpc) is 3.45. The Morgan fingerprint density at radius 1 is 1.10 bits per heavy atom. The SMILES string of the molecule is CCn1c2ccccc2c2cc(C(=O)c3cc(C4CCCO4)cc(OC)c3C)ccc21. The number of nitrogens with zero attached hydrogens (tertiary/aromatic N) is 1. The number of aromatic nitrogens is 1. The highest BCUT2D eigenvalue weighted by atomic mass is 16.5. The van der Waals surface area contributed by atoms with E-state index in [0.717, 1.165) is 53.8 Å². The third kappa shape index (κ3) is 3.22. The molecule has 0 amide bonds. The lowest BCUT2D eigenvalue weighted by Gasteiger charge is -2.16. The highest BCUT2D eigenvalue weighted by Gasteiger charge is 2.23. The Morgan fingerprint density at radius 3 is 2.65 bits per heavy atom. The van der Waals surface area contributed by atoms with Gasteiger partial charge in [0, 0.05) is 51.6 Å². The van der Waals surface area contributed by atoms with Crippen LogP contribution in [0, 0.1) is 6.92 Å². The molecule has 0 spiro atoms. The van der Waals surface area contributed by atoms with E-state index in [0.29, 0.717) is 11.1 Å². The molecule has 4 heteroatoms. The van der Waals surface area contributed by atoms with Crippen molar-refractivity contribution in [3.8, 4) is 5.75 Å². The summed E-state index contributed by atoms with van der Waals surface area (Å²) >= 11 is 0. The first-order valence-corrected chi connectivity index (χ1v) is 11.0. The molecule has 1 unspecified atom stereocenters. The monoisotopic (exact) mass is 413 g/mol. The zero-order valence-corrected chi connectivity index (χ0v) is 18.3. The van der Waals surface area contributed by atoms with Crippen LogP contribution in [0.25, 0.3) is 21.8 Å². The molecule has 1 atom stereocenters. The Bertz CT molecular complexity index is 1300. The van der Waals surface area contributed by atoms with E-state index in [1.165, 1.54) is 10.9 Å². The van der Waals surface area contributed by atoms with Gasteiger partial charge in [-0.1, -0.05) is 18.2 Å². The Labute approximate surface area is 182 Å². The summed E-state index contributed by atoms with van der Waals surface area (Å²) in [5.74, 6) is 0.755. The van der Waals surface area contributed by atoms with E-state index in [9.17, 15) is 4.79 Å². The summed E-state index contributed by atoms with van der Waals surface area (Å²) in [5.41, 5.74) is 5.62. The fourth-order valence-corrected chi connectivity index (χ4v) is 4.87. The van der Waals surface area contributed by atoms with Gasteiger partial charge in [0.1, 0.15) is 5.75 Å². The van der Waals surface area contributed by atoms with Crippen molar-refractivity contribution in [3.05, 3.63) is 76.9 Å². The van der Waals surface area contributed by atoms with Gasteiger partial charge in [0.2, 0.25) is 0 Å². The van der Waals surface area contributed by atoms with Crippen LogP contribution in [0.3, 0.4) is 0 Å². The summed E-state index contributed by atoms with van der Waals surface area (Å²) in [4.78, 5) is 13.7. The van der Waals surface area contributed by atoms with Crippen LogP contribution in [0.4, 0.5) is 0 Å². The van der Waals surface area contributed by atoms with E-state index in [4.69, 9.17) is 9.47 Å². The fraction of sp³-hybridized carbons (Fsp3) is 0.296. The van der Waals surface area contributed by atoms with Crippen LogP contribution in [-0.4, -0.2) is 24.1 Å². The maximum absolute atomic E-state index is 13.7. The van der Waals surface area contributed by atoms with Gasteiger partial charge in [-0.3, -0.25) is 4.79 Å². The van der Waals surface area contributed by atoms with Gasteiger partial charge in [-0.05, 0) is 68.7 Å². The number of hydrogen-bond acceptors (Lipinski definition) is 3. The fourth-order valence-electron chi connectivity index (χ4n) is 4.87. The second-order valence-electron chi connectivity index (χ2n) is 8.22. The zero-order valence-electron chi connectivity index (χ0n) is 18.3. The van der Waals surface area contributed by atoms with E-state index in [1.54, 1.807) is 7.11 Å². The predicted octanol–water partition coefficient (Wildman–Crippen LogP) is 6.21. The van der Waals surface area contributed by atoms with Crippen molar-refractivity contribution in [1.29, 1.82) is 0 Å². The molecule has 5 rings (SSSR count). The number of benzene rings is 3. The van der Waals surface area contributed by atoms with E-state index in [1.807, 2.05) is 31.2 Å². The molecule has 1 aliphatic heterocycles. The maximum atomic E-state index is 13.7.